The third kappa shape index (κ3) is 4.70. The quantitative estimate of drug-likeness (QED) is 0.180. The molecule has 206 valence electrons. The first kappa shape index (κ1) is 26.2. The molecule has 0 unspecified atom stereocenters. The third-order valence-corrected chi connectivity index (χ3v) is 7.20. The Morgan fingerprint density at radius 1 is 0.829 bits per heavy atom. The van der Waals surface area contributed by atoms with Crippen molar-refractivity contribution in [1.82, 2.24) is 0 Å². The maximum atomic E-state index is 13.9. The molecule has 2 heterocycles. The molecule has 2 saturated heterocycles. The number of methoxy groups -OCH3 is 1. The van der Waals surface area contributed by atoms with Crippen LogP contribution in [0.1, 0.15) is 27.5 Å². The van der Waals surface area contributed by atoms with Crippen molar-refractivity contribution in [2.24, 2.45) is 5.92 Å². The van der Waals surface area contributed by atoms with E-state index in [0.29, 0.717) is 16.9 Å². The van der Waals surface area contributed by atoms with Gasteiger partial charge in [-0.3, -0.25) is 14.4 Å². The van der Waals surface area contributed by atoms with Crippen molar-refractivity contribution in [1.29, 1.82) is 0 Å². The lowest BCUT2D eigenvalue weighted by atomic mass is 9.90. The van der Waals surface area contributed by atoms with Crippen LogP contribution in [-0.2, 0) is 14.4 Å². The zero-order valence-electron chi connectivity index (χ0n) is 22.2. The van der Waals surface area contributed by atoms with Crippen molar-refractivity contribution >= 4 is 29.2 Å². The van der Waals surface area contributed by atoms with Crippen molar-refractivity contribution in [3.8, 4) is 11.5 Å². The molecule has 0 spiro atoms. The molecule has 2 aliphatic rings. The third-order valence-electron chi connectivity index (χ3n) is 7.20. The average molecular weight is 553 g/mol. The predicted molar refractivity (Wildman–Crippen MR) is 148 cm³/mol. The second-order valence-corrected chi connectivity index (χ2v) is 9.82. The maximum absolute atomic E-state index is 13.9. The number of aryl methyl sites for hydroxylation is 1. The minimum Gasteiger partial charge on any atom is -0.493 e. The van der Waals surface area contributed by atoms with Crippen LogP contribution in [0.5, 0.6) is 11.5 Å². The Kier molecular flexibility index (Phi) is 6.72. The highest BCUT2D eigenvalue weighted by atomic mass is 19.1. The summed E-state index contributed by atoms with van der Waals surface area (Å²) in [6.07, 6.45) is -1.03. The Morgan fingerprint density at radius 2 is 1.56 bits per heavy atom. The number of benzene rings is 4. The molecule has 0 radical (unpaired) electrons. The van der Waals surface area contributed by atoms with E-state index in [4.69, 9.17) is 14.3 Å². The standard InChI is InChI=1S/C32H25FN2O6/c1-19-7-6-10-24(17-19)34-30(36)27-28(35(41-29(27)31(34)37)23-8-4-3-5-9-23)21-13-16-25(26(18-21)39-2)40-32(38)20-11-14-22(33)15-12-20/h3-18,27-29H,1-2H3/t27-,28-,29+/m1/s1. The minimum absolute atomic E-state index is 0.141. The summed E-state index contributed by atoms with van der Waals surface area (Å²) in [4.78, 5) is 47.5. The molecule has 41 heavy (non-hydrogen) atoms. The fraction of sp³-hybridized carbons (Fsp3) is 0.156. The van der Waals surface area contributed by atoms with Gasteiger partial charge in [0.15, 0.2) is 17.6 Å². The molecule has 6 rings (SSSR count). The highest BCUT2D eigenvalue weighted by Crippen LogP contribution is 2.48. The first-order valence-corrected chi connectivity index (χ1v) is 13.0. The summed E-state index contributed by atoms with van der Waals surface area (Å²) in [7, 11) is 1.43. The van der Waals surface area contributed by atoms with Gasteiger partial charge in [0.1, 0.15) is 11.7 Å². The number of amides is 2. The molecule has 9 heteroatoms. The molecule has 0 aromatic heterocycles. The Morgan fingerprint density at radius 3 is 2.27 bits per heavy atom. The number of ether oxygens (including phenoxy) is 2. The van der Waals surface area contributed by atoms with Crippen molar-refractivity contribution in [3.63, 3.8) is 0 Å². The molecule has 0 bridgehead atoms. The number of hydroxylamine groups is 1. The summed E-state index contributed by atoms with van der Waals surface area (Å²) in [5.41, 5.74) is 2.86. The van der Waals surface area contributed by atoms with Crippen LogP contribution in [0.4, 0.5) is 15.8 Å². The van der Waals surface area contributed by atoms with Crippen molar-refractivity contribution in [3.05, 3.63) is 120 Å². The molecule has 2 amide bonds. The van der Waals surface area contributed by atoms with Gasteiger partial charge in [0.25, 0.3) is 5.91 Å². The Balaban J connectivity index is 1.37. The van der Waals surface area contributed by atoms with Crippen LogP contribution in [-0.4, -0.2) is 31.0 Å². The number of carbonyl (C=O) groups is 3. The SMILES string of the molecule is COc1cc([C@@H]2[C@H]3C(=O)N(c4cccc(C)c4)C(=O)[C@H]3ON2c2ccccc2)ccc1OC(=O)c1ccc(F)cc1. The molecule has 0 saturated carbocycles. The van der Waals surface area contributed by atoms with Crippen molar-refractivity contribution in [2.45, 2.75) is 19.1 Å². The highest BCUT2D eigenvalue weighted by molar-refractivity contribution is 6.24. The molecule has 3 atom stereocenters. The van der Waals surface area contributed by atoms with E-state index in [1.807, 2.05) is 43.3 Å². The largest absolute Gasteiger partial charge is 0.493 e. The molecule has 2 aliphatic heterocycles. The van der Waals surface area contributed by atoms with E-state index in [1.165, 1.54) is 36.3 Å². The van der Waals surface area contributed by atoms with Crippen LogP contribution < -0.4 is 19.4 Å². The van der Waals surface area contributed by atoms with Gasteiger partial charge in [-0.25, -0.2) is 19.1 Å². The highest BCUT2D eigenvalue weighted by Gasteiger charge is 2.60. The smallest absolute Gasteiger partial charge is 0.343 e. The van der Waals surface area contributed by atoms with Gasteiger partial charge in [0.05, 0.1) is 30.1 Å². The van der Waals surface area contributed by atoms with E-state index in [9.17, 15) is 18.8 Å². The van der Waals surface area contributed by atoms with Crippen molar-refractivity contribution in [2.75, 3.05) is 17.1 Å². The number of esters is 1. The van der Waals surface area contributed by atoms with Gasteiger partial charge >= 0.3 is 5.97 Å². The second kappa shape index (κ2) is 10.5. The number of hydrogen-bond donors (Lipinski definition) is 0. The molecular weight excluding hydrogens is 527 g/mol. The van der Waals surface area contributed by atoms with Gasteiger partial charge in [-0.15, -0.1) is 0 Å². The van der Waals surface area contributed by atoms with E-state index >= 15 is 0 Å². The number of halogens is 1. The summed E-state index contributed by atoms with van der Waals surface area (Å²) < 4.78 is 24.4. The first-order chi connectivity index (χ1) is 19.9. The van der Waals surface area contributed by atoms with Crippen LogP contribution in [0.2, 0.25) is 0 Å². The lowest BCUT2D eigenvalue weighted by Crippen LogP contribution is -2.37. The fourth-order valence-electron chi connectivity index (χ4n) is 5.27. The average Bonchev–Trinajstić information content (AvgIpc) is 3.49. The van der Waals surface area contributed by atoms with E-state index in [0.717, 1.165) is 5.56 Å². The predicted octanol–water partition coefficient (Wildman–Crippen LogP) is 5.41. The Hall–Kier alpha value is -5.02. The van der Waals surface area contributed by atoms with Gasteiger partial charge < -0.3 is 9.47 Å². The van der Waals surface area contributed by atoms with Crippen LogP contribution in [0, 0.1) is 18.7 Å². The van der Waals surface area contributed by atoms with Gasteiger partial charge in [-0.05, 0) is 78.7 Å². The van der Waals surface area contributed by atoms with Gasteiger partial charge in [0.2, 0.25) is 5.91 Å². The molecule has 4 aromatic carbocycles. The minimum atomic E-state index is -1.03. The molecular formula is C32H25FN2O6. The van der Waals surface area contributed by atoms with E-state index < -0.39 is 35.8 Å². The van der Waals surface area contributed by atoms with Gasteiger partial charge in [0, 0.05) is 0 Å². The van der Waals surface area contributed by atoms with Crippen LogP contribution in [0.15, 0.2) is 97.1 Å². The van der Waals surface area contributed by atoms with Crippen LogP contribution in [0.3, 0.4) is 0 Å². The fourth-order valence-corrected chi connectivity index (χ4v) is 5.27. The second-order valence-electron chi connectivity index (χ2n) is 9.82. The molecule has 8 nitrogen and oxygen atoms in total. The molecule has 0 aliphatic carbocycles. The van der Waals surface area contributed by atoms with Crippen molar-refractivity contribution < 1.29 is 33.1 Å². The summed E-state index contributed by atoms with van der Waals surface area (Å²) in [6, 6.07) is 25.6. The Labute approximate surface area is 235 Å². The monoisotopic (exact) mass is 552 g/mol. The van der Waals surface area contributed by atoms with Gasteiger partial charge in [-0.2, -0.15) is 0 Å². The number of nitrogens with zero attached hydrogens (tertiary/aromatic N) is 2. The summed E-state index contributed by atoms with van der Waals surface area (Å²) in [5.74, 6) is -2.43. The number of anilines is 2. The normalized spacial score (nSPS) is 19.8. The Bertz CT molecular complexity index is 1640. The topological polar surface area (TPSA) is 85.4 Å². The number of carbonyl (C=O) groups excluding carboxylic acids is 3. The summed E-state index contributed by atoms with van der Waals surface area (Å²) in [6.45, 7) is 1.89. The molecule has 4 aromatic rings. The number of imide groups is 1. The molecule has 0 N–H and O–H groups in total. The number of rotatable bonds is 6. The van der Waals surface area contributed by atoms with E-state index in [-0.39, 0.29) is 23.0 Å². The van der Waals surface area contributed by atoms with E-state index in [1.54, 1.807) is 41.5 Å². The number of para-hydroxylation sites is 1. The zero-order valence-corrected chi connectivity index (χ0v) is 22.2. The van der Waals surface area contributed by atoms with Crippen LogP contribution in [0.25, 0.3) is 0 Å². The number of fused-ring (bicyclic) bond motifs is 1. The lowest BCUT2D eigenvalue weighted by Gasteiger charge is -2.29. The molecule has 2 fully saturated rings. The lowest BCUT2D eigenvalue weighted by molar-refractivity contribution is -0.126. The summed E-state index contributed by atoms with van der Waals surface area (Å²) >= 11 is 0. The zero-order chi connectivity index (χ0) is 28.7. The maximum Gasteiger partial charge on any atom is 0.343 e. The number of hydrogen-bond acceptors (Lipinski definition) is 7. The van der Waals surface area contributed by atoms with Crippen LogP contribution >= 0.6 is 0 Å². The van der Waals surface area contributed by atoms with E-state index in [2.05, 4.69) is 0 Å². The first-order valence-electron chi connectivity index (χ1n) is 13.0. The van der Waals surface area contributed by atoms with Gasteiger partial charge in [-0.1, -0.05) is 36.4 Å². The summed E-state index contributed by atoms with van der Waals surface area (Å²) in [5, 5.41) is 1.58.